The van der Waals surface area contributed by atoms with E-state index in [2.05, 4.69) is 6.92 Å². The molecule has 3 nitrogen and oxygen atoms in total. The first-order chi connectivity index (χ1) is 7.52. The van der Waals surface area contributed by atoms with Crippen molar-refractivity contribution >= 4 is 11.8 Å². The van der Waals surface area contributed by atoms with Crippen LogP contribution in [0.3, 0.4) is 0 Å². The van der Waals surface area contributed by atoms with Gasteiger partial charge in [0, 0.05) is 13.0 Å². The van der Waals surface area contributed by atoms with Crippen LogP contribution in [0.4, 0.5) is 0 Å². The summed E-state index contributed by atoms with van der Waals surface area (Å²) in [6, 6.07) is 0. The van der Waals surface area contributed by atoms with Crippen molar-refractivity contribution in [2.45, 2.75) is 46.0 Å². The predicted octanol–water partition coefficient (Wildman–Crippen LogP) is 2.21. The molecule has 0 aromatic heterocycles. The number of fused-ring (bicyclic) bond motifs is 1. The van der Waals surface area contributed by atoms with E-state index in [4.69, 9.17) is 0 Å². The highest BCUT2D eigenvalue weighted by molar-refractivity contribution is 6.01. The van der Waals surface area contributed by atoms with Crippen molar-refractivity contribution in [2.24, 2.45) is 17.3 Å². The van der Waals surface area contributed by atoms with Gasteiger partial charge < -0.3 is 0 Å². The lowest BCUT2D eigenvalue weighted by molar-refractivity contribution is -0.167. The Bertz CT molecular complexity index is 326. The van der Waals surface area contributed by atoms with Gasteiger partial charge in [-0.3, -0.25) is 14.5 Å². The van der Waals surface area contributed by atoms with Crippen LogP contribution in [0.25, 0.3) is 0 Å². The van der Waals surface area contributed by atoms with E-state index in [1.165, 1.54) is 11.3 Å². The molecule has 0 aromatic rings. The Morgan fingerprint density at radius 3 is 2.56 bits per heavy atom. The summed E-state index contributed by atoms with van der Waals surface area (Å²) in [5.41, 5.74) is -0.312. The molecule has 1 aliphatic carbocycles. The summed E-state index contributed by atoms with van der Waals surface area (Å²) < 4.78 is 0. The average Bonchev–Trinajstić information content (AvgIpc) is 2.33. The fraction of sp³-hybridized carbons (Fsp3) is 0.846. The Hall–Kier alpha value is -0.860. The molecule has 0 N–H and O–H groups in total. The van der Waals surface area contributed by atoms with Crippen LogP contribution in [0.2, 0.25) is 0 Å². The van der Waals surface area contributed by atoms with Crippen LogP contribution in [0.1, 0.15) is 46.0 Å². The second-order valence-corrected chi connectivity index (χ2v) is 5.47. The van der Waals surface area contributed by atoms with E-state index in [1.54, 1.807) is 7.05 Å². The van der Waals surface area contributed by atoms with E-state index in [1.807, 2.05) is 6.92 Å². The Morgan fingerprint density at radius 1 is 1.31 bits per heavy atom. The molecule has 16 heavy (non-hydrogen) atoms. The van der Waals surface area contributed by atoms with Crippen LogP contribution in [0.5, 0.6) is 0 Å². The lowest BCUT2D eigenvalue weighted by Crippen LogP contribution is -2.58. The predicted molar refractivity (Wildman–Crippen MR) is 61.6 cm³/mol. The molecule has 90 valence electrons. The van der Waals surface area contributed by atoms with Crippen molar-refractivity contribution in [3.05, 3.63) is 0 Å². The minimum absolute atomic E-state index is 0.0307. The lowest BCUT2D eigenvalue weighted by Gasteiger charge is -2.48. The van der Waals surface area contributed by atoms with Crippen LogP contribution < -0.4 is 0 Å². The highest BCUT2D eigenvalue weighted by Crippen LogP contribution is 2.48. The van der Waals surface area contributed by atoms with Gasteiger partial charge in [-0.1, -0.05) is 26.7 Å². The number of hydrogen-bond donors (Lipinski definition) is 0. The molecule has 2 rings (SSSR count). The molecule has 2 aliphatic rings. The molecular formula is C13H21NO2. The third-order valence-electron chi connectivity index (χ3n) is 4.76. The molecule has 1 saturated heterocycles. The van der Waals surface area contributed by atoms with E-state index < -0.39 is 0 Å². The molecule has 1 aliphatic heterocycles. The van der Waals surface area contributed by atoms with Crippen LogP contribution >= 0.6 is 0 Å². The number of amides is 2. The molecule has 1 heterocycles. The maximum absolute atomic E-state index is 12.2. The Kier molecular flexibility index (Phi) is 2.81. The number of carbonyl (C=O) groups is 2. The smallest absolute Gasteiger partial charge is 0.235 e. The van der Waals surface area contributed by atoms with E-state index in [0.29, 0.717) is 0 Å². The van der Waals surface area contributed by atoms with Gasteiger partial charge in [0.2, 0.25) is 11.8 Å². The zero-order valence-corrected chi connectivity index (χ0v) is 10.5. The molecule has 3 unspecified atom stereocenters. The Labute approximate surface area is 97.2 Å². The van der Waals surface area contributed by atoms with Crippen molar-refractivity contribution in [3.8, 4) is 0 Å². The van der Waals surface area contributed by atoms with Crippen molar-refractivity contribution in [3.63, 3.8) is 0 Å². The minimum Gasteiger partial charge on any atom is -0.285 e. The van der Waals surface area contributed by atoms with E-state index in [9.17, 15) is 9.59 Å². The molecule has 2 fully saturated rings. The van der Waals surface area contributed by atoms with E-state index in [-0.39, 0.29) is 29.1 Å². The molecule has 0 aromatic carbocycles. The third kappa shape index (κ3) is 1.40. The van der Waals surface area contributed by atoms with Gasteiger partial charge in [-0.25, -0.2) is 0 Å². The second kappa shape index (κ2) is 3.86. The summed E-state index contributed by atoms with van der Waals surface area (Å²) in [5, 5.41) is 0. The number of rotatable bonds is 1. The van der Waals surface area contributed by atoms with Gasteiger partial charge in [-0.05, 0) is 25.2 Å². The Morgan fingerprint density at radius 2 is 1.94 bits per heavy atom. The van der Waals surface area contributed by atoms with Crippen molar-refractivity contribution in [2.75, 3.05) is 7.05 Å². The van der Waals surface area contributed by atoms with Gasteiger partial charge in [0.15, 0.2) is 0 Å². The number of likely N-dealkylation sites (tertiary alicyclic amines) is 1. The molecule has 3 heteroatoms. The summed E-state index contributed by atoms with van der Waals surface area (Å²) in [7, 11) is 1.64. The second-order valence-electron chi connectivity index (χ2n) is 5.47. The SMILES string of the molecule is CCC1(C)C(=O)N(C)C(=O)C2CCCCC21. The van der Waals surface area contributed by atoms with Gasteiger partial charge in [0.05, 0.1) is 5.41 Å². The van der Waals surface area contributed by atoms with Gasteiger partial charge >= 0.3 is 0 Å². The summed E-state index contributed by atoms with van der Waals surface area (Å²) in [6.07, 6.45) is 5.15. The average molecular weight is 223 g/mol. The van der Waals surface area contributed by atoms with Crippen LogP contribution in [-0.4, -0.2) is 23.8 Å². The molecule has 3 atom stereocenters. The van der Waals surface area contributed by atoms with Crippen LogP contribution in [0.15, 0.2) is 0 Å². The number of carbonyl (C=O) groups excluding carboxylic acids is 2. The summed E-state index contributed by atoms with van der Waals surface area (Å²) >= 11 is 0. The quantitative estimate of drug-likeness (QED) is 0.639. The minimum atomic E-state index is -0.312. The van der Waals surface area contributed by atoms with Gasteiger partial charge in [-0.15, -0.1) is 0 Å². The van der Waals surface area contributed by atoms with E-state index in [0.717, 1.165) is 25.7 Å². The normalized spacial score (nSPS) is 39.8. The Balaban J connectivity index is 2.38. The highest BCUT2D eigenvalue weighted by atomic mass is 16.2. The maximum atomic E-state index is 12.2. The zero-order chi connectivity index (χ0) is 11.9. The van der Waals surface area contributed by atoms with Crippen molar-refractivity contribution < 1.29 is 9.59 Å². The number of imide groups is 1. The fourth-order valence-electron chi connectivity index (χ4n) is 3.49. The van der Waals surface area contributed by atoms with Gasteiger partial charge in [0.1, 0.15) is 0 Å². The molecule has 2 amide bonds. The monoisotopic (exact) mass is 223 g/mol. The third-order valence-corrected chi connectivity index (χ3v) is 4.76. The first-order valence-corrected chi connectivity index (χ1v) is 6.34. The number of hydrogen-bond acceptors (Lipinski definition) is 2. The standard InChI is InChI=1S/C13H21NO2/c1-4-13(2)10-8-6-5-7-9(10)11(15)14(3)12(13)16/h9-10H,4-8H2,1-3H3. The summed E-state index contributed by atoms with van der Waals surface area (Å²) in [4.78, 5) is 25.7. The first-order valence-electron chi connectivity index (χ1n) is 6.34. The van der Waals surface area contributed by atoms with Crippen molar-refractivity contribution in [1.29, 1.82) is 0 Å². The molecule has 0 bridgehead atoms. The maximum Gasteiger partial charge on any atom is 0.235 e. The largest absolute Gasteiger partial charge is 0.285 e. The van der Waals surface area contributed by atoms with Crippen LogP contribution in [-0.2, 0) is 9.59 Å². The number of nitrogens with zero attached hydrogens (tertiary/aromatic N) is 1. The van der Waals surface area contributed by atoms with Gasteiger partial charge in [0.25, 0.3) is 0 Å². The summed E-state index contributed by atoms with van der Waals surface area (Å²) in [5.74, 6) is 0.465. The van der Waals surface area contributed by atoms with Gasteiger partial charge in [-0.2, -0.15) is 0 Å². The zero-order valence-electron chi connectivity index (χ0n) is 10.5. The summed E-state index contributed by atoms with van der Waals surface area (Å²) in [6.45, 7) is 4.11. The highest BCUT2D eigenvalue weighted by Gasteiger charge is 2.53. The van der Waals surface area contributed by atoms with Crippen LogP contribution in [0, 0.1) is 17.3 Å². The topological polar surface area (TPSA) is 37.4 Å². The first kappa shape index (κ1) is 11.6. The molecule has 0 spiro atoms. The van der Waals surface area contributed by atoms with Crippen molar-refractivity contribution in [1.82, 2.24) is 4.90 Å². The lowest BCUT2D eigenvalue weighted by atomic mass is 9.60. The fourth-order valence-corrected chi connectivity index (χ4v) is 3.49. The number of piperidine rings is 1. The molecule has 0 radical (unpaired) electrons. The molecule has 1 saturated carbocycles. The molecular weight excluding hydrogens is 202 g/mol. The van der Waals surface area contributed by atoms with E-state index >= 15 is 0 Å².